The molecule has 5 unspecified atom stereocenters. The molecule has 4 nitrogen and oxygen atoms in total. The summed E-state index contributed by atoms with van der Waals surface area (Å²) in [7, 11) is 0. The first-order valence-corrected chi connectivity index (χ1v) is 5.64. The van der Waals surface area contributed by atoms with Crippen LogP contribution in [0.3, 0.4) is 0 Å². The van der Waals surface area contributed by atoms with Crippen LogP contribution in [-0.4, -0.2) is 44.8 Å². The predicted molar refractivity (Wildman–Crippen MR) is 58.4 cm³/mol. The smallest absolute Gasteiger partial charge is 0.106 e. The van der Waals surface area contributed by atoms with Crippen LogP contribution in [0.4, 0.5) is 0 Å². The molecule has 0 aromatic carbocycles. The monoisotopic (exact) mass is 220 g/mol. The Hall–Kier alpha value is -0.160. The summed E-state index contributed by atoms with van der Waals surface area (Å²) in [5.41, 5.74) is 0. The SMILES string of the molecule is CCCCC(C(C)O)C(O)C(O)C(C)O. The Morgan fingerprint density at radius 1 is 0.867 bits per heavy atom. The van der Waals surface area contributed by atoms with Gasteiger partial charge < -0.3 is 20.4 Å². The van der Waals surface area contributed by atoms with Crippen molar-refractivity contribution in [3.63, 3.8) is 0 Å². The van der Waals surface area contributed by atoms with Gasteiger partial charge in [0.25, 0.3) is 0 Å². The first-order valence-electron chi connectivity index (χ1n) is 5.64. The quantitative estimate of drug-likeness (QED) is 0.496. The second kappa shape index (κ2) is 7.17. The molecule has 0 aromatic heterocycles. The summed E-state index contributed by atoms with van der Waals surface area (Å²) in [6.45, 7) is 5.04. The highest BCUT2D eigenvalue weighted by molar-refractivity contribution is 4.82. The van der Waals surface area contributed by atoms with Crippen molar-refractivity contribution in [3.8, 4) is 0 Å². The van der Waals surface area contributed by atoms with Crippen LogP contribution in [0, 0.1) is 5.92 Å². The topological polar surface area (TPSA) is 80.9 Å². The number of rotatable bonds is 7. The average Bonchev–Trinajstić information content (AvgIpc) is 2.16. The predicted octanol–water partition coefficient (Wildman–Crippen LogP) is 0.276. The van der Waals surface area contributed by atoms with E-state index in [1.54, 1.807) is 6.92 Å². The number of aliphatic hydroxyl groups excluding tert-OH is 4. The van der Waals surface area contributed by atoms with Crippen LogP contribution in [0.5, 0.6) is 0 Å². The van der Waals surface area contributed by atoms with E-state index in [1.165, 1.54) is 6.92 Å². The summed E-state index contributed by atoms with van der Waals surface area (Å²) >= 11 is 0. The van der Waals surface area contributed by atoms with Gasteiger partial charge in [0.05, 0.1) is 18.3 Å². The molecule has 0 fully saturated rings. The Bertz CT molecular complexity index is 159. The summed E-state index contributed by atoms with van der Waals surface area (Å²) in [5.74, 6) is -0.380. The second-order valence-electron chi connectivity index (χ2n) is 4.27. The molecule has 0 rings (SSSR count). The lowest BCUT2D eigenvalue weighted by Crippen LogP contribution is -2.44. The van der Waals surface area contributed by atoms with Crippen LogP contribution in [0.1, 0.15) is 40.0 Å². The molecule has 4 heteroatoms. The molecule has 0 saturated carbocycles. The van der Waals surface area contributed by atoms with Crippen LogP contribution in [0.2, 0.25) is 0 Å². The Balaban J connectivity index is 4.33. The fourth-order valence-corrected chi connectivity index (χ4v) is 1.68. The average molecular weight is 220 g/mol. The van der Waals surface area contributed by atoms with Crippen molar-refractivity contribution < 1.29 is 20.4 Å². The normalized spacial score (nSPS) is 21.8. The van der Waals surface area contributed by atoms with E-state index in [1.807, 2.05) is 6.92 Å². The third kappa shape index (κ3) is 4.93. The Morgan fingerprint density at radius 3 is 1.73 bits per heavy atom. The molecule has 5 atom stereocenters. The first kappa shape index (κ1) is 14.8. The van der Waals surface area contributed by atoms with Gasteiger partial charge in [-0.15, -0.1) is 0 Å². The fraction of sp³-hybridized carbons (Fsp3) is 1.00. The molecular formula is C11H24O4. The minimum Gasteiger partial charge on any atom is -0.393 e. The number of unbranched alkanes of at least 4 members (excludes halogenated alkanes) is 1. The van der Waals surface area contributed by atoms with E-state index in [0.717, 1.165) is 12.8 Å². The van der Waals surface area contributed by atoms with Crippen LogP contribution in [0.25, 0.3) is 0 Å². The zero-order valence-corrected chi connectivity index (χ0v) is 9.80. The lowest BCUT2D eigenvalue weighted by Gasteiger charge is -2.30. The van der Waals surface area contributed by atoms with Gasteiger partial charge in [-0.05, 0) is 20.3 Å². The van der Waals surface area contributed by atoms with Crippen LogP contribution >= 0.6 is 0 Å². The maximum Gasteiger partial charge on any atom is 0.106 e. The molecule has 0 amide bonds. The Kier molecular flexibility index (Phi) is 7.09. The third-order valence-electron chi connectivity index (χ3n) is 2.79. The highest BCUT2D eigenvalue weighted by Crippen LogP contribution is 2.21. The molecule has 0 bridgehead atoms. The molecule has 0 aromatic rings. The molecular weight excluding hydrogens is 196 g/mol. The number of hydrogen-bond donors (Lipinski definition) is 4. The highest BCUT2D eigenvalue weighted by Gasteiger charge is 2.31. The van der Waals surface area contributed by atoms with E-state index in [-0.39, 0.29) is 5.92 Å². The molecule has 0 spiro atoms. The summed E-state index contributed by atoms with van der Waals surface area (Å²) in [6, 6.07) is 0. The Labute approximate surface area is 91.6 Å². The number of hydrogen-bond acceptors (Lipinski definition) is 4. The number of aliphatic hydroxyl groups is 4. The van der Waals surface area contributed by atoms with Crippen molar-refractivity contribution >= 4 is 0 Å². The van der Waals surface area contributed by atoms with Gasteiger partial charge in [0.15, 0.2) is 0 Å². The highest BCUT2D eigenvalue weighted by atomic mass is 16.4. The van der Waals surface area contributed by atoms with Crippen LogP contribution in [0.15, 0.2) is 0 Å². The maximum atomic E-state index is 9.77. The summed E-state index contributed by atoms with van der Waals surface area (Å²) < 4.78 is 0. The zero-order chi connectivity index (χ0) is 12.0. The van der Waals surface area contributed by atoms with Gasteiger partial charge in [-0.3, -0.25) is 0 Å². The van der Waals surface area contributed by atoms with E-state index >= 15 is 0 Å². The second-order valence-corrected chi connectivity index (χ2v) is 4.27. The van der Waals surface area contributed by atoms with Crippen molar-refractivity contribution in [3.05, 3.63) is 0 Å². The van der Waals surface area contributed by atoms with Crippen molar-refractivity contribution in [2.45, 2.75) is 64.4 Å². The van der Waals surface area contributed by atoms with Gasteiger partial charge in [-0.1, -0.05) is 19.8 Å². The maximum absolute atomic E-state index is 9.77. The summed E-state index contributed by atoms with van der Waals surface area (Å²) in [6.07, 6.45) is -1.42. The van der Waals surface area contributed by atoms with Gasteiger partial charge in [-0.25, -0.2) is 0 Å². The molecule has 0 aliphatic heterocycles. The lowest BCUT2D eigenvalue weighted by atomic mass is 9.87. The first-order chi connectivity index (χ1) is 6.91. The van der Waals surface area contributed by atoms with Crippen LogP contribution < -0.4 is 0 Å². The molecule has 15 heavy (non-hydrogen) atoms. The molecule has 4 N–H and O–H groups in total. The van der Waals surface area contributed by atoms with E-state index in [9.17, 15) is 15.3 Å². The van der Waals surface area contributed by atoms with Crippen molar-refractivity contribution in [2.24, 2.45) is 5.92 Å². The van der Waals surface area contributed by atoms with Crippen molar-refractivity contribution in [1.82, 2.24) is 0 Å². The molecule has 92 valence electrons. The van der Waals surface area contributed by atoms with Gasteiger partial charge in [0, 0.05) is 5.92 Å². The van der Waals surface area contributed by atoms with Crippen LogP contribution in [-0.2, 0) is 0 Å². The molecule has 0 aliphatic rings. The van der Waals surface area contributed by atoms with Gasteiger partial charge >= 0.3 is 0 Å². The van der Waals surface area contributed by atoms with E-state index < -0.39 is 24.4 Å². The summed E-state index contributed by atoms with van der Waals surface area (Å²) in [5, 5.41) is 37.9. The van der Waals surface area contributed by atoms with E-state index in [2.05, 4.69) is 0 Å². The molecule has 0 saturated heterocycles. The van der Waals surface area contributed by atoms with Crippen molar-refractivity contribution in [1.29, 1.82) is 0 Å². The van der Waals surface area contributed by atoms with E-state index in [4.69, 9.17) is 5.11 Å². The largest absolute Gasteiger partial charge is 0.393 e. The van der Waals surface area contributed by atoms with Crippen molar-refractivity contribution in [2.75, 3.05) is 0 Å². The Morgan fingerprint density at radius 2 is 1.40 bits per heavy atom. The minimum atomic E-state index is -1.19. The molecule has 0 radical (unpaired) electrons. The lowest BCUT2D eigenvalue weighted by molar-refractivity contribution is -0.0970. The molecule has 0 aliphatic carbocycles. The van der Waals surface area contributed by atoms with Gasteiger partial charge in [-0.2, -0.15) is 0 Å². The van der Waals surface area contributed by atoms with Gasteiger partial charge in [0.2, 0.25) is 0 Å². The van der Waals surface area contributed by atoms with Gasteiger partial charge in [0.1, 0.15) is 6.10 Å². The van der Waals surface area contributed by atoms with E-state index in [0.29, 0.717) is 6.42 Å². The summed E-state index contributed by atoms with van der Waals surface area (Å²) in [4.78, 5) is 0. The minimum absolute atomic E-state index is 0.380. The third-order valence-corrected chi connectivity index (χ3v) is 2.79. The zero-order valence-electron chi connectivity index (χ0n) is 9.80. The molecule has 0 heterocycles. The standard InChI is InChI=1S/C11H24O4/c1-4-5-6-9(7(2)12)11(15)10(14)8(3)13/h7-15H,4-6H2,1-3H3. The fourth-order valence-electron chi connectivity index (χ4n) is 1.68.